The molecule has 1 saturated heterocycles. The number of carboxylic acid groups (broad SMARTS) is 1. The molecule has 4 N–H and O–H groups in total. The van der Waals surface area contributed by atoms with Gasteiger partial charge in [0.2, 0.25) is 0 Å². The van der Waals surface area contributed by atoms with Gasteiger partial charge in [-0.15, -0.1) is 0 Å². The molecule has 0 bridgehead atoms. The average Bonchev–Trinajstić information content (AvgIpc) is 3.55. The Bertz CT molecular complexity index is 1420. The molecule has 3 aromatic rings. The quantitative estimate of drug-likeness (QED) is 0.326. The molecule has 3 heterocycles. The van der Waals surface area contributed by atoms with E-state index in [1.54, 1.807) is 0 Å². The Morgan fingerprint density at radius 1 is 1.07 bits per heavy atom. The molecule has 2 aliphatic carbocycles. The maximum absolute atomic E-state index is 13.5. The van der Waals surface area contributed by atoms with Crippen molar-refractivity contribution in [2.24, 2.45) is 5.92 Å². The first-order valence-corrected chi connectivity index (χ1v) is 14.0. The summed E-state index contributed by atoms with van der Waals surface area (Å²) in [5.41, 5.74) is 4.66. The second kappa shape index (κ2) is 10.7. The van der Waals surface area contributed by atoms with Crippen LogP contribution in [0.4, 0.5) is 4.79 Å². The van der Waals surface area contributed by atoms with Crippen LogP contribution in [0.1, 0.15) is 67.1 Å². The summed E-state index contributed by atoms with van der Waals surface area (Å²) in [7, 11) is 0. The number of carbonyl (C=O) groups excluding carboxylic acids is 1. The summed E-state index contributed by atoms with van der Waals surface area (Å²) < 4.78 is 18.1. The number of aryl methyl sites for hydroxylation is 1. The summed E-state index contributed by atoms with van der Waals surface area (Å²) in [5.74, 6) is 0.227. The van der Waals surface area contributed by atoms with Crippen LogP contribution < -0.4 is 15.4 Å². The van der Waals surface area contributed by atoms with Crippen molar-refractivity contribution in [3.8, 4) is 17.0 Å². The van der Waals surface area contributed by atoms with Gasteiger partial charge in [0.25, 0.3) is 5.91 Å². The molecule has 0 unspecified atom stereocenters. The molecule has 2 saturated carbocycles. The van der Waals surface area contributed by atoms with Gasteiger partial charge in [-0.2, -0.15) is 0 Å². The van der Waals surface area contributed by atoms with E-state index in [1.807, 2.05) is 32.0 Å². The molecule has 1 aromatic carbocycles. The lowest BCUT2D eigenvalue weighted by atomic mass is 9.91. The molecular weight excluding hydrogens is 514 g/mol. The monoisotopic (exact) mass is 549 g/mol. The van der Waals surface area contributed by atoms with Crippen LogP contribution in [0, 0.1) is 12.8 Å². The number of carbonyl (C=O) groups is 2. The van der Waals surface area contributed by atoms with Crippen LogP contribution in [0.2, 0.25) is 0 Å². The van der Waals surface area contributed by atoms with Gasteiger partial charge >= 0.3 is 6.09 Å². The maximum atomic E-state index is 13.5. The Balaban J connectivity index is 1.31. The minimum atomic E-state index is -1.01. The van der Waals surface area contributed by atoms with Gasteiger partial charge in [-0.05, 0) is 76.5 Å². The van der Waals surface area contributed by atoms with Crippen LogP contribution in [0.25, 0.3) is 22.3 Å². The van der Waals surface area contributed by atoms with Crippen molar-refractivity contribution in [2.75, 3.05) is 19.8 Å². The van der Waals surface area contributed by atoms with Gasteiger partial charge < -0.3 is 34.9 Å². The van der Waals surface area contributed by atoms with E-state index >= 15 is 0 Å². The number of rotatable bonds is 8. The number of nitrogens with one attached hydrogen (secondary N) is 3. The van der Waals surface area contributed by atoms with E-state index < -0.39 is 11.9 Å². The molecular formula is C29H35N5O6. The second-order valence-electron chi connectivity index (χ2n) is 11.2. The van der Waals surface area contributed by atoms with Gasteiger partial charge in [0.1, 0.15) is 23.3 Å². The normalized spacial score (nSPS) is 22.2. The zero-order chi connectivity index (χ0) is 27.9. The lowest BCUT2D eigenvalue weighted by Gasteiger charge is -2.28. The third-order valence-corrected chi connectivity index (χ3v) is 8.16. The van der Waals surface area contributed by atoms with Crippen LogP contribution >= 0.6 is 0 Å². The number of H-pyrrole nitrogens is 1. The van der Waals surface area contributed by atoms with Crippen LogP contribution in [0.3, 0.4) is 0 Å². The zero-order valence-electron chi connectivity index (χ0n) is 22.8. The van der Waals surface area contributed by atoms with Crippen LogP contribution in [-0.4, -0.2) is 64.0 Å². The molecule has 1 aliphatic heterocycles. The highest BCUT2D eigenvalue weighted by atomic mass is 16.7. The van der Waals surface area contributed by atoms with Gasteiger partial charge in [0.05, 0.1) is 30.9 Å². The molecule has 0 spiro atoms. The topological polar surface area (TPSA) is 148 Å². The maximum Gasteiger partial charge on any atom is 0.404 e. The average molecular weight is 550 g/mol. The minimum Gasteiger partial charge on any atom is -0.493 e. The molecule has 2 aromatic heterocycles. The lowest BCUT2D eigenvalue weighted by molar-refractivity contribution is -0.149. The molecule has 6 rings (SSSR count). The predicted octanol–water partition coefficient (Wildman–Crippen LogP) is 4.25. The zero-order valence-corrected chi connectivity index (χ0v) is 22.8. The third-order valence-electron chi connectivity index (χ3n) is 8.16. The number of benzene rings is 1. The van der Waals surface area contributed by atoms with Gasteiger partial charge in [-0.25, -0.2) is 14.8 Å². The van der Waals surface area contributed by atoms with Crippen LogP contribution in [0.15, 0.2) is 24.5 Å². The summed E-state index contributed by atoms with van der Waals surface area (Å²) in [4.78, 5) is 36.9. The Kier molecular flexibility index (Phi) is 7.09. The standard InChI is InChI=1S/C29H35N5O6/c1-16-23(27(35)33-19-6-8-20(9-7-19)34-28(36)37)25-26(32-16)24(30-15-31-25)21-13-18(29(2)39-11-12-40-29)5-10-22(21)38-14-17-3-4-17/h5,10,13,15,17,19-20,32,34H,3-4,6-9,11-12,14H2,1-2H3,(H,33,35)(H,36,37). The van der Waals surface area contributed by atoms with E-state index in [1.165, 1.54) is 19.2 Å². The van der Waals surface area contributed by atoms with Crippen molar-refractivity contribution >= 4 is 23.0 Å². The molecule has 11 heteroatoms. The van der Waals surface area contributed by atoms with Gasteiger partial charge in [0.15, 0.2) is 5.79 Å². The highest BCUT2D eigenvalue weighted by Crippen LogP contribution is 2.40. The molecule has 0 radical (unpaired) electrons. The predicted molar refractivity (Wildman–Crippen MR) is 146 cm³/mol. The number of hydrogen-bond donors (Lipinski definition) is 4. The molecule has 40 heavy (non-hydrogen) atoms. The molecule has 212 valence electrons. The third kappa shape index (κ3) is 5.35. The summed E-state index contributed by atoms with van der Waals surface area (Å²) in [5, 5.41) is 14.7. The first kappa shape index (κ1) is 26.5. The van der Waals surface area contributed by atoms with Crippen molar-refractivity contribution in [3.63, 3.8) is 0 Å². The number of nitrogens with zero attached hydrogens (tertiary/aromatic N) is 2. The largest absolute Gasteiger partial charge is 0.493 e. The van der Waals surface area contributed by atoms with E-state index in [4.69, 9.17) is 19.3 Å². The van der Waals surface area contributed by atoms with Gasteiger partial charge in [0, 0.05) is 28.9 Å². The van der Waals surface area contributed by atoms with E-state index in [9.17, 15) is 9.59 Å². The van der Waals surface area contributed by atoms with E-state index in [2.05, 4.69) is 25.6 Å². The first-order chi connectivity index (χ1) is 19.3. The number of aromatic nitrogens is 3. The van der Waals surface area contributed by atoms with Crippen LogP contribution in [0.5, 0.6) is 5.75 Å². The molecule has 2 amide bonds. The van der Waals surface area contributed by atoms with E-state index in [0.29, 0.717) is 85.2 Å². The summed E-state index contributed by atoms with van der Waals surface area (Å²) in [6.45, 7) is 5.46. The fourth-order valence-electron chi connectivity index (χ4n) is 5.71. The second-order valence-corrected chi connectivity index (χ2v) is 11.2. The molecule has 11 nitrogen and oxygen atoms in total. The fourth-order valence-corrected chi connectivity index (χ4v) is 5.71. The highest BCUT2D eigenvalue weighted by Gasteiger charge is 2.35. The summed E-state index contributed by atoms with van der Waals surface area (Å²) >= 11 is 0. The first-order valence-electron chi connectivity index (χ1n) is 14.0. The van der Waals surface area contributed by atoms with E-state index in [0.717, 1.165) is 11.1 Å². The Morgan fingerprint density at radius 3 is 2.45 bits per heavy atom. The van der Waals surface area contributed by atoms with Crippen molar-refractivity contribution < 1.29 is 28.9 Å². The fraction of sp³-hybridized carbons (Fsp3) is 0.517. The Hall–Kier alpha value is -3.70. The molecule has 3 fully saturated rings. The smallest absolute Gasteiger partial charge is 0.404 e. The summed E-state index contributed by atoms with van der Waals surface area (Å²) in [6, 6.07) is 5.79. The Labute approximate surface area is 232 Å². The van der Waals surface area contributed by atoms with E-state index in [-0.39, 0.29) is 18.0 Å². The Morgan fingerprint density at radius 2 is 1.77 bits per heavy atom. The molecule has 3 aliphatic rings. The minimum absolute atomic E-state index is 0.0312. The van der Waals surface area contributed by atoms with Crippen LogP contribution in [-0.2, 0) is 15.3 Å². The number of hydrogen-bond acceptors (Lipinski definition) is 7. The number of aromatic amines is 1. The molecule has 0 atom stereocenters. The lowest BCUT2D eigenvalue weighted by Crippen LogP contribution is -2.43. The van der Waals surface area contributed by atoms with Gasteiger partial charge in [-0.3, -0.25) is 4.79 Å². The number of fused-ring (bicyclic) bond motifs is 1. The van der Waals surface area contributed by atoms with Crippen molar-refractivity contribution in [1.82, 2.24) is 25.6 Å². The van der Waals surface area contributed by atoms with Gasteiger partial charge in [-0.1, -0.05) is 0 Å². The van der Waals surface area contributed by atoms with Crippen molar-refractivity contribution in [1.29, 1.82) is 0 Å². The SMILES string of the molecule is Cc1[nH]c2c(-c3cc(C4(C)OCCO4)ccc3OCC3CC3)ncnc2c1C(=O)NC1CCC(NC(=O)O)CC1. The number of amides is 2. The number of ether oxygens (including phenoxy) is 3. The summed E-state index contributed by atoms with van der Waals surface area (Å²) in [6.07, 6.45) is 5.60. The van der Waals surface area contributed by atoms with Crippen molar-refractivity contribution in [3.05, 3.63) is 41.3 Å². The highest BCUT2D eigenvalue weighted by molar-refractivity contribution is 6.09. The van der Waals surface area contributed by atoms with Crippen molar-refractivity contribution in [2.45, 2.75) is 70.2 Å².